The average molecular weight is 354 g/mol. The molecule has 1 aliphatic heterocycles. The number of amides is 1. The summed E-state index contributed by atoms with van der Waals surface area (Å²) in [5.41, 5.74) is 1.95. The van der Waals surface area contributed by atoms with E-state index in [0.29, 0.717) is 13.0 Å². The highest BCUT2D eigenvalue weighted by atomic mass is 16.5. The number of carbonyl (C=O) groups is 1. The van der Waals surface area contributed by atoms with Crippen molar-refractivity contribution in [2.75, 3.05) is 45.2 Å². The van der Waals surface area contributed by atoms with Crippen LogP contribution in [0.25, 0.3) is 0 Å². The lowest BCUT2D eigenvalue weighted by Gasteiger charge is -2.33. The summed E-state index contributed by atoms with van der Waals surface area (Å²) in [4.78, 5) is 21.4. The number of ether oxygens (including phenoxy) is 1. The van der Waals surface area contributed by atoms with Crippen LogP contribution in [-0.4, -0.2) is 56.1 Å². The highest BCUT2D eigenvalue weighted by Crippen LogP contribution is 2.18. The highest BCUT2D eigenvalue weighted by Gasteiger charge is 2.15. The Labute approximate surface area is 154 Å². The molecule has 1 N–H and O–H groups in total. The van der Waals surface area contributed by atoms with Gasteiger partial charge in [-0.25, -0.2) is 4.98 Å². The Kier molecular flexibility index (Phi) is 6.07. The first-order valence-electron chi connectivity index (χ1n) is 8.92. The molecule has 1 aromatic heterocycles. The predicted octanol–water partition coefficient (Wildman–Crippen LogP) is 1.70. The molecule has 0 saturated carbocycles. The molecule has 6 nitrogen and oxygen atoms in total. The third kappa shape index (κ3) is 4.73. The summed E-state index contributed by atoms with van der Waals surface area (Å²) < 4.78 is 5.30. The van der Waals surface area contributed by atoms with E-state index in [1.165, 1.54) is 0 Å². The summed E-state index contributed by atoms with van der Waals surface area (Å²) in [5.74, 6) is 1.70. The van der Waals surface area contributed by atoms with E-state index in [-0.39, 0.29) is 5.91 Å². The van der Waals surface area contributed by atoms with E-state index in [9.17, 15) is 4.79 Å². The number of methoxy groups -OCH3 is 1. The maximum Gasteiger partial charge on any atom is 0.224 e. The van der Waals surface area contributed by atoms with Gasteiger partial charge in [-0.1, -0.05) is 18.2 Å². The number of carbonyl (C=O) groups excluding carboxylic acids is 1. The summed E-state index contributed by atoms with van der Waals surface area (Å²) in [7, 11) is 3.76. The van der Waals surface area contributed by atoms with Gasteiger partial charge < -0.3 is 19.9 Å². The van der Waals surface area contributed by atoms with Gasteiger partial charge in [0.05, 0.1) is 13.5 Å². The normalized spacial score (nSPS) is 14.9. The van der Waals surface area contributed by atoms with Gasteiger partial charge >= 0.3 is 0 Å². The number of anilines is 1. The van der Waals surface area contributed by atoms with Gasteiger partial charge in [0.25, 0.3) is 0 Å². The van der Waals surface area contributed by atoms with Crippen molar-refractivity contribution in [1.29, 1.82) is 0 Å². The van der Waals surface area contributed by atoms with Crippen molar-refractivity contribution in [2.24, 2.45) is 0 Å². The van der Waals surface area contributed by atoms with Crippen molar-refractivity contribution in [2.45, 2.75) is 13.0 Å². The van der Waals surface area contributed by atoms with E-state index < -0.39 is 0 Å². The molecular weight excluding hydrogens is 328 g/mol. The number of nitrogens with zero attached hydrogens (tertiary/aromatic N) is 3. The SMILES string of the molecule is COc1ccccc1CC(=O)NCc1ccnc(N2CCN(C)CC2)c1. The van der Waals surface area contributed by atoms with Crippen LogP contribution < -0.4 is 15.0 Å². The molecule has 2 aromatic rings. The van der Waals surface area contributed by atoms with Crippen LogP contribution in [0.3, 0.4) is 0 Å². The van der Waals surface area contributed by atoms with Crippen LogP contribution in [0.2, 0.25) is 0 Å². The minimum absolute atomic E-state index is 0.0209. The second-order valence-electron chi connectivity index (χ2n) is 6.58. The van der Waals surface area contributed by atoms with Crippen LogP contribution in [0.5, 0.6) is 5.75 Å². The molecule has 1 saturated heterocycles. The van der Waals surface area contributed by atoms with Gasteiger partial charge in [-0.3, -0.25) is 4.79 Å². The molecule has 6 heteroatoms. The Morgan fingerprint density at radius 1 is 1.19 bits per heavy atom. The van der Waals surface area contributed by atoms with E-state index in [0.717, 1.165) is 48.9 Å². The number of piperazine rings is 1. The van der Waals surface area contributed by atoms with Crippen molar-refractivity contribution in [3.8, 4) is 5.75 Å². The molecule has 2 heterocycles. The molecule has 26 heavy (non-hydrogen) atoms. The Balaban J connectivity index is 1.56. The minimum Gasteiger partial charge on any atom is -0.496 e. The van der Waals surface area contributed by atoms with Crippen LogP contribution in [0.4, 0.5) is 5.82 Å². The topological polar surface area (TPSA) is 57.7 Å². The fourth-order valence-electron chi connectivity index (χ4n) is 3.06. The number of hydrogen-bond acceptors (Lipinski definition) is 5. The molecule has 138 valence electrons. The van der Waals surface area contributed by atoms with E-state index in [2.05, 4.69) is 33.2 Å². The van der Waals surface area contributed by atoms with Gasteiger partial charge in [0.15, 0.2) is 0 Å². The summed E-state index contributed by atoms with van der Waals surface area (Å²) >= 11 is 0. The van der Waals surface area contributed by atoms with Crippen molar-refractivity contribution in [3.63, 3.8) is 0 Å². The van der Waals surface area contributed by atoms with Crippen LogP contribution >= 0.6 is 0 Å². The Morgan fingerprint density at radius 2 is 1.96 bits per heavy atom. The lowest BCUT2D eigenvalue weighted by atomic mass is 10.1. The van der Waals surface area contributed by atoms with Gasteiger partial charge in [-0.05, 0) is 30.8 Å². The van der Waals surface area contributed by atoms with E-state index in [1.54, 1.807) is 7.11 Å². The smallest absolute Gasteiger partial charge is 0.224 e. The number of nitrogens with one attached hydrogen (secondary N) is 1. The molecule has 0 unspecified atom stereocenters. The summed E-state index contributed by atoms with van der Waals surface area (Å²) in [6.45, 7) is 4.54. The Hall–Kier alpha value is -2.60. The van der Waals surface area contributed by atoms with E-state index >= 15 is 0 Å². The second-order valence-corrected chi connectivity index (χ2v) is 6.58. The summed E-state index contributed by atoms with van der Waals surface area (Å²) in [6, 6.07) is 11.6. The van der Waals surface area contributed by atoms with Crippen molar-refractivity contribution in [3.05, 3.63) is 53.7 Å². The van der Waals surface area contributed by atoms with Crippen LogP contribution in [0.1, 0.15) is 11.1 Å². The van der Waals surface area contributed by atoms with Gasteiger partial charge in [0, 0.05) is 44.5 Å². The van der Waals surface area contributed by atoms with Gasteiger partial charge in [0.2, 0.25) is 5.91 Å². The lowest BCUT2D eigenvalue weighted by Crippen LogP contribution is -2.44. The maximum absolute atomic E-state index is 12.3. The van der Waals surface area contributed by atoms with E-state index in [1.807, 2.05) is 36.5 Å². The fraction of sp³-hybridized carbons (Fsp3) is 0.400. The first-order chi connectivity index (χ1) is 12.7. The zero-order valence-electron chi connectivity index (χ0n) is 15.4. The zero-order chi connectivity index (χ0) is 18.4. The number of rotatable bonds is 6. The minimum atomic E-state index is -0.0209. The van der Waals surface area contributed by atoms with Crippen molar-refractivity contribution in [1.82, 2.24) is 15.2 Å². The third-order valence-corrected chi connectivity index (χ3v) is 4.67. The summed E-state index contributed by atoms with van der Waals surface area (Å²) in [6.07, 6.45) is 2.12. The lowest BCUT2D eigenvalue weighted by molar-refractivity contribution is -0.120. The molecule has 0 aliphatic carbocycles. The van der Waals surface area contributed by atoms with E-state index in [4.69, 9.17) is 4.74 Å². The quantitative estimate of drug-likeness (QED) is 0.856. The fourth-order valence-corrected chi connectivity index (χ4v) is 3.06. The molecule has 1 aromatic carbocycles. The molecule has 1 amide bonds. The zero-order valence-corrected chi connectivity index (χ0v) is 15.4. The molecule has 0 atom stereocenters. The Morgan fingerprint density at radius 3 is 2.73 bits per heavy atom. The summed E-state index contributed by atoms with van der Waals surface area (Å²) in [5, 5.41) is 2.99. The standard InChI is InChI=1S/C20H26N4O2/c1-23-9-11-24(12-10-23)19-13-16(7-8-21-19)15-22-20(25)14-17-5-3-4-6-18(17)26-2/h3-8,13H,9-12,14-15H2,1-2H3,(H,22,25). The number of aromatic nitrogens is 1. The molecule has 0 spiro atoms. The van der Waals surface area contributed by atoms with Crippen molar-refractivity contribution >= 4 is 11.7 Å². The first-order valence-corrected chi connectivity index (χ1v) is 8.92. The van der Waals surface area contributed by atoms with Gasteiger partial charge in [-0.2, -0.15) is 0 Å². The average Bonchev–Trinajstić information content (AvgIpc) is 2.67. The number of benzene rings is 1. The number of para-hydroxylation sites is 1. The van der Waals surface area contributed by atoms with Crippen LogP contribution in [0.15, 0.2) is 42.6 Å². The monoisotopic (exact) mass is 354 g/mol. The number of hydrogen-bond donors (Lipinski definition) is 1. The van der Waals surface area contributed by atoms with Gasteiger partial charge in [0.1, 0.15) is 11.6 Å². The first kappa shape index (κ1) is 18.2. The largest absolute Gasteiger partial charge is 0.496 e. The van der Waals surface area contributed by atoms with Crippen molar-refractivity contribution < 1.29 is 9.53 Å². The third-order valence-electron chi connectivity index (χ3n) is 4.67. The molecule has 3 rings (SSSR count). The predicted molar refractivity (Wildman–Crippen MR) is 102 cm³/mol. The number of pyridine rings is 1. The number of likely N-dealkylation sites (N-methyl/N-ethyl adjacent to an activating group) is 1. The molecule has 1 aliphatic rings. The Bertz CT molecular complexity index is 742. The maximum atomic E-state index is 12.3. The highest BCUT2D eigenvalue weighted by molar-refractivity contribution is 5.79. The molecule has 0 radical (unpaired) electrons. The molecule has 0 bridgehead atoms. The second kappa shape index (κ2) is 8.67. The molecular formula is C20H26N4O2. The molecule has 1 fully saturated rings. The van der Waals surface area contributed by atoms with Crippen LogP contribution in [0, 0.1) is 0 Å². The van der Waals surface area contributed by atoms with Gasteiger partial charge in [-0.15, -0.1) is 0 Å². The van der Waals surface area contributed by atoms with Crippen LogP contribution in [-0.2, 0) is 17.8 Å².